The summed E-state index contributed by atoms with van der Waals surface area (Å²) in [5.74, 6) is -1.10. The van der Waals surface area contributed by atoms with E-state index >= 15 is 0 Å². The van der Waals surface area contributed by atoms with Gasteiger partial charge >= 0.3 is 12.1 Å². The Kier molecular flexibility index (Phi) is 6.36. The van der Waals surface area contributed by atoms with Crippen LogP contribution in [0.2, 0.25) is 0 Å². The summed E-state index contributed by atoms with van der Waals surface area (Å²) in [5, 5.41) is 17.2. The molecule has 0 atom stereocenters. The van der Waals surface area contributed by atoms with Crippen LogP contribution in [0.3, 0.4) is 0 Å². The monoisotopic (exact) mass is 564 g/mol. The third-order valence-electron chi connectivity index (χ3n) is 4.89. The van der Waals surface area contributed by atoms with E-state index in [0.717, 1.165) is 17.8 Å². The van der Waals surface area contributed by atoms with Gasteiger partial charge < -0.3 is 10.4 Å². The molecule has 10 heteroatoms. The number of benzene rings is 2. The van der Waals surface area contributed by atoms with Gasteiger partial charge in [0.15, 0.2) is 0 Å². The van der Waals surface area contributed by atoms with Crippen molar-refractivity contribution in [2.75, 3.05) is 5.32 Å². The van der Waals surface area contributed by atoms with Crippen LogP contribution in [-0.4, -0.2) is 25.8 Å². The molecular weight excluding hydrogens is 548 g/mol. The summed E-state index contributed by atoms with van der Waals surface area (Å²) in [7, 11) is 0. The normalized spacial score (nSPS) is 11.4. The largest absolute Gasteiger partial charge is 0.478 e. The van der Waals surface area contributed by atoms with Crippen molar-refractivity contribution in [2.45, 2.75) is 12.7 Å². The molecule has 0 radical (unpaired) electrons. The summed E-state index contributed by atoms with van der Waals surface area (Å²) in [6.45, 7) is 0.186. The summed E-state index contributed by atoms with van der Waals surface area (Å²) >= 11 is 1.94. The molecule has 33 heavy (non-hydrogen) atoms. The summed E-state index contributed by atoms with van der Waals surface area (Å²) < 4.78 is 41.1. The topological polar surface area (TPSA) is 80.0 Å². The molecule has 0 bridgehead atoms. The number of carboxylic acid groups (broad SMARTS) is 1. The maximum atomic E-state index is 13.0. The SMILES string of the molecule is O=C(O)c1ccnc(I)c1NCc1cn(-c2ccccc2)nc1-c1ccc(C(F)(F)F)cc1. The minimum Gasteiger partial charge on any atom is -0.478 e. The predicted octanol–water partition coefficient (Wildman–Crippen LogP) is 5.87. The highest BCUT2D eigenvalue weighted by Gasteiger charge is 2.30. The van der Waals surface area contributed by atoms with Crippen LogP contribution in [0.5, 0.6) is 0 Å². The molecule has 0 saturated heterocycles. The van der Waals surface area contributed by atoms with Crippen LogP contribution < -0.4 is 5.32 Å². The molecule has 2 aromatic heterocycles. The number of alkyl halides is 3. The maximum Gasteiger partial charge on any atom is 0.416 e. The van der Waals surface area contributed by atoms with E-state index in [-0.39, 0.29) is 12.1 Å². The van der Waals surface area contributed by atoms with Gasteiger partial charge in [0.1, 0.15) is 3.70 Å². The molecule has 168 valence electrons. The predicted molar refractivity (Wildman–Crippen MR) is 125 cm³/mol. The molecule has 0 unspecified atom stereocenters. The Hall–Kier alpha value is -3.41. The number of hydrogen-bond donors (Lipinski definition) is 2. The van der Waals surface area contributed by atoms with E-state index in [4.69, 9.17) is 0 Å². The van der Waals surface area contributed by atoms with Gasteiger partial charge in [0, 0.05) is 30.1 Å². The molecule has 4 aromatic rings. The second kappa shape index (κ2) is 9.22. The number of pyridine rings is 1. The van der Waals surface area contributed by atoms with Crippen LogP contribution in [0.15, 0.2) is 73.1 Å². The Morgan fingerprint density at radius 3 is 2.39 bits per heavy atom. The fraction of sp³-hybridized carbons (Fsp3) is 0.0870. The molecule has 0 aliphatic heterocycles. The van der Waals surface area contributed by atoms with E-state index in [2.05, 4.69) is 15.4 Å². The number of hydrogen-bond acceptors (Lipinski definition) is 4. The number of aromatic carboxylic acids is 1. The highest BCUT2D eigenvalue weighted by Crippen LogP contribution is 2.32. The van der Waals surface area contributed by atoms with Crippen molar-refractivity contribution in [3.63, 3.8) is 0 Å². The molecule has 0 spiro atoms. The zero-order chi connectivity index (χ0) is 23.6. The van der Waals surface area contributed by atoms with Gasteiger partial charge in [-0.1, -0.05) is 30.3 Å². The Bertz CT molecular complexity index is 1290. The van der Waals surface area contributed by atoms with E-state index in [0.29, 0.717) is 26.2 Å². The highest BCUT2D eigenvalue weighted by molar-refractivity contribution is 14.1. The van der Waals surface area contributed by atoms with E-state index in [1.54, 1.807) is 10.9 Å². The third kappa shape index (κ3) is 5.00. The summed E-state index contributed by atoms with van der Waals surface area (Å²) in [6, 6.07) is 15.5. The molecule has 2 aromatic carbocycles. The maximum absolute atomic E-state index is 13.0. The van der Waals surface area contributed by atoms with Crippen LogP contribution in [0.4, 0.5) is 18.9 Å². The van der Waals surface area contributed by atoms with E-state index in [1.807, 2.05) is 52.9 Å². The zero-order valence-corrected chi connectivity index (χ0v) is 19.0. The third-order valence-corrected chi connectivity index (χ3v) is 5.71. The lowest BCUT2D eigenvalue weighted by molar-refractivity contribution is -0.137. The van der Waals surface area contributed by atoms with E-state index in [1.165, 1.54) is 24.4 Å². The first kappa shape index (κ1) is 22.8. The number of rotatable bonds is 6. The number of halogens is 4. The Balaban J connectivity index is 1.73. The number of carbonyl (C=O) groups is 1. The minimum absolute atomic E-state index is 0.0703. The molecule has 0 saturated carbocycles. The van der Waals surface area contributed by atoms with E-state index in [9.17, 15) is 23.1 Å². The fourth-order valence-corrected chi connectivity index (χ4v) is 3.92. The smallest absolute Gasteiger partial charge is 0.416 e. The minimum atomic E-state index is -4.43. The highest BCUT2D eigenvalue weighted by atomic mass is 127. The fourth-order valence-electron chi connectivity index (χ4n) is 3.28. The molecule has 0 aliphatic carbocycles. The van der Waals surface area contributed by atoms with Gasteiger partial charge in [-0.05, 0) is 52.9 Å². The molecule has 4 rings (SSSR count). The number of nitrogens with zero attached hydrogens (tertiary/aromatic N) is 3. The van der Waals surface area contributed by atoms with Crippen molar-refractivity contribution in [1.29, 1.82) is 0 Å². The quantitative estimate of drug-likeness (QED) is 0.226. The van der Waals surface area contributed by atoms with Gasteiger partial charge in [-0.25, -0.2) is 14.5 Å². The molecule has 0 aliphatic rings. The lowest BCUT2D eigenvalue weighted by atomic mass is 10.1. The van der Waals surface area contributed by atoms with Crippen LogP contribution in [-0.2, 0) is 12.7 Å². The van der Waals surface area contributed by atoms with Gasteiger partial charge in [-0.3, -0.25) is 0 Å². The van der Waals surface area contributed by atoms with Gasteiger partial charge in [0.05, 0.1) is 28.2 Å². The molecule has 0 amide bonds. The van der Waals surface area contributed by atoms with Crippen LogP contribution in [0.25, 0.3) is 16.9 Å². The lowest BCUT2D eigenvalue weighted by Crippen LogP contribution is -2.09. The van der Waals surface area contributed by atoms with Crippen LogP contribution >= 0.6 is 22.6 Å². The Morgan fingerprint density at radius 1 is 1.06 bits per heavy atom. The van der Waals surface area contributed by atoms with Crippen molar-refractivity contribution < 1.29 is 23.1 Å². The molecule has 0 fully saturated rings. The number of aromatic nitrogens is 3. The molecule has 6 nitrogen and oxygen atoms in total. The second-order valence-electron chi connectivity index (χ2n) is 7.04. The summed E-state index contributed by atoms with van der Waals surface area (Å²) in [6.07, 6.45) is -1.26. The molecule has 2 N–H and O–H groups in total. The van der Waals surface area contributed by atoms with Gasteiger partial charge in [-0.15, -0.1) is 0 Å². The Labute approximate surface area is 200 Å². The summed E-state index contributed by atoms with van der Waals surface area (Å²) in [5.41, 5.74) is 2.13. The summed E-state index contributed by atoms with van der Waals surface area (Å²) in [4.78, 5) is 15.7. The van der Waals surface area contributed by atoms with Gasteiger partial charge in [-0.2, -0.15) is 18.3 Å². The lowest BCUT2D eigenvalue weighted by Gasteiger charge is -2.11. The first-order chi connectivity index (χ1) is 15.7. The van der Waals surface area contributed by atoms with Crippen molar-refractivity contribution in [3.8, 4) is 16.9 Å². The van der Waals surface area contributed by atoms with Gasteiger partial charge in [0.2, 0.25) is 0 Å². The van der Waals surface area contributed by atoms with Crippen LogP contribution in [0.1, 0.15) is 21.5 Å². The number of anilines is 1. The first-order valence-corrected chi connectivity index (χ1v) is 10.7. The van der Waals surface area contributed by atoms with E-state index < -0.39 is 17.7 Å². The average molecular weight is 564 g/mol. The Morgan fingerprint density at radius 2 is 1.76 bits per heavy atom. The number of nitrogens with one attached hydrogen (secondary N) is 1. The molecular formula is C23H16F3IN4O2. The van der Waals surface area contributed by atoms with Crippen molar-refractivity contribution >= 4 is 34.2 Å². The average Bonchev–Trinajstić information content (AvgIpc) is 3.22. The van der Waals surface area contributed by atoms with Crippen molar-refractivity contribution in [1.82, 2.24) is 14.8 Å². The van der Waals surface area contributed by atoms with Gasteiger partial charge in [0.25, 0.3) is 0 Å². The van der Waals surface area contributed by atoms with Crippen molar-refractivity contribution in [2.24, 2.45) is 0 Å². The first-order valence-electron chi connectivity index (χ1n) is 9.67. The zero-order valence-electron chi connectivity index (χ0n) is 16.8. The van der Waals surface area contributed by atoms with Crippen LogP contribution in [0, 0.1) is 3.70 Å². The second-order valence-corrected chi connectivity index (χ2v) is 8.06. The standard InChI is InChI=1S/C23H16F3IN4O2/c24-23(25,26)16-8-6-14(7-9-16)19-15(13-31(30-19)17-4-2-1-3-5-17)12-29-20-18(22(32)33)10-11-28-21(20)27/h1-11,13,29H,12H2,(H,32,33). The number of para-hydroxylation sites is 1. The number of carboxylic acids is 1. The molecule has 2 heterocycles. The van der Waals surface area contributed by atoms with Crippen molar-refractivity contribution in [3.05, 3.63) is 93.4 Å².